The summed E-state index contributed by atoms with van der Waals surface area (Å²) in [4.78, 5) is 17.9. The Bertz CT molecular complexity index is 480. The molecule has 104 valence electrons. The molecule has 1 aliphatic rings. The van der Waals surface area contributed by atoms with Crippen LogP contribution in [0.15, 0.2) is 12.4 Å². The predicted molar refractivity (Wildman–Crippen MR) is 71.1 cm³/mol. The summed E-state index contributed by atoms with van der Waals surface area (Å²) in [5, 5.41) is 0. The van der Waals surface area contributed by atoms with Crippen LogP contribution in [0.5, 0.6) is 5.75 Å². The van der Waals surface area contributed by atoms with Crippen molar-refractivity contribution in [1.29, 1.82) is 0 Å². The maximum absolute atomic E-state index is 12.1. The molecule has 2 rings (SSSR count). The minimum Gasteiger partial charge on any atom is -0.491 e. The molecule has 19 heavy (non-hydrogen) atoms. The van der Waals surface area contributed by atoms with Crippen LogP contribution < -0.4 is 4.74 Å². The molecular weight excluding hydrogens is 244 g/mol. The first-order valence-corrected chi connectivity index (χ1v) is 6.41. The first-order chi connectivity index (χ1) is 8.87. The van der Waals surface area contributed by atoms with Crippen molar-refractivity contribution in [3.8, 4) is 5.75 Å². The summed E-state index contributed by atoms with van der Waals surface area (Å²) in [5.41, 5.74) is 1.42. The van der Waals surface area contributed by atoms with Crippen molar-refractivity contribution in [3.05, 3.63) is 23.5 Å². The first-order valence-electron chi connectivity index (χ1n) is 6.41. The van der Waals surface area contributed by atoms with Crippen LogP contribution in [0.3, 0.4) is 0 Å². The lowest BCUT2D eigenvalue weighted by Gasteiger charge is -2.25. The summed E-state index contributed by atoms with van der Waals surface area (Å²) in [6, 6.07) is 0. The highest BCUT2D eigenvalue weighted by Crippen LogP contribution is 2.26. The number of fused-ring (bicyclic) bond motifs is 1. The predicted octanol–water partition coefficient (Wildman–Crippen LogP) is 2.52. The Hall–Kier alpha value is -1.78. The third-order valence-electron chi connectivity index (χ3n) is 2.77. The van der Waals surface area contributed by atoms with Gasteiger partial charge in [0.2, 0.25) is 0 Å². The zero-order chi connectivity index (χ0) is 14.0. The molecule has 0 bridgehead atoms. The molecule has 1 aromatic heterocycles. The van der Waals surface area contributed by atoms with E-state index in [0.717, 1.165) is 16.9 Å². The summed E-state index contributed by atoms with van der Waals surface area (Å²) in [6.07, 6.45) is 3.19. The number of hydrogen-bond acceptors (Lipinski definition) is 4. The van der Waals surface area contributed by atoms with Gasteiger partial charge in [0.1, 0.15) is 18.0 Å². The second-order valence-electron chi connectivity index (χ2n) is 5.70. The van der Waals surface area contributed by atoms with Crippen LogP contribution >= 0.6 is 0 Å². The van der Waals surface area contributed by atoms with Crippen LogP contribution in [0.25, 0.3) is 0 Å². The van der Waals surface area contributed by atoms with Gasteiger partial charge < -0.3 is 14.4 Å². The standard InChI is InChI=1S/C14H20N2O3/c1-10-7-15-8-11-9-16(5-6-18-12(10)11)13(17)19-14(2,3)4/h7-8H,5-6,9H2,1-4H3. The summed E-state index contributed by atoms with van der Waals surface area (Å²) in [5.74, 6) is 0.834. The van der Waals surface area contributed by atoms with E-state index in [1.54, 1.807) is 17.3 Å². The number of nitrogens with zero attached hydrogens (tertiary/aromatic N) is 2. The SMILES string of the molecule is Cc1cncc2c1OCCN(C(=O)OC(C)(C)C)C2. The molecule has 1 aliphatic heterocycles. The molecule has 5 heteroatoms. The van der Waals surface area contributed by atoms with Gasteiger partial charge in [0, 0.05) is 23.5 Å². The Morgan fingerprint density at radius 3 is 2.84 bits per heavy atom. The second-order valence-corrected chi connectivity index (χ2v) is 5.70. The van der Waals surface area contributed by atoms with Crippen molar-refractivity contribution in [2.24, 2.45) is 0 Å². The number of ether oxygens (including phenoxy) is 2. The van der Waals surface area contributed by atoms with Gasteiger partial charge in [0.15, 0.2) is 0 Å². The fraction of sp³-hybridized carbons (Fsp3) is 0.571. The highest BCUT2D eigenvalue weighted by Gasteiger charge is 2.25. The molecule has 2 heterocycles. The second kappa shape index (κ2) is 5.07. The van der Waals surface area contributed by atoms with E-state index in [-0.39, 0.29) is 6.09 Å². The third kappa shape index (κ3) is 3.36. The smallest absolute Gasteiger partial charge is 0.410 e. The van der Waals surface area contributed by atoms with Crippen molar-refractivity contribution in [1.82, 2.24) is 9.88 Å². The number of amides is 1. The van der Waals surface area contributed by atoms with E-state index in [1.807, 2.05) is 27.7 Å². The van der Waals surface area contributed by atoms with Crippen LogP contribution in [0.2, 0.25) is 0 Å². The van der Waals surface area contributed by atoms with Gasteiger partial charge in [-0.25, -0.2) is 4.79 Å². The minimum absolute atomic E-state index is 0.314. The number of aromatic nitrogens is 1. The zero-order valence-electron chi connectivity index (χ0n) is 11.9. The minimum atomic E-state index is -0.488. The van der Waals surface area contributed by atoms with Crippen molar-refractivity contribution >= 4 is 6.09 Å². The maximum Gasteiger partial charge on any atom is 0.410 e. The maximum atomic E-state index is 12.1. The molecule has 0 aliphatic carbocycles. The van der Waals surface area contributed by atoms with E-state index >= 15 is 0 Å². The van der Waals surface area contributed by atoms with Crippen LogP contribution in [0, 0.1) is 6.92 Å². The number of rotatable bonds is 0. The molecule has 0 aromatic carbocycles. The van der Waals surface area contributed by atoms with Gasteiger partial charge in [-0.05, 0) is 27.7 Å². The zero-order valence-corrected chi connectivity index (χ0v) is 11.9. The Kier molecular flexibility index (Phi) is 3.64. The lowest BCUT2D eigenvalue weighted by atomic mass is 10.2. The molecule has 0 spiro atoms. The Balaban J connectivity index is 2.16. The van der Waals surface area contributed by atoms with Gasteiger partial charge in [-0.2, -0.15) is 0 Å². The summed E-state index contributed by atoms with van der Waals surface area (Å²) < 4.78 is 11.1. The molecule has 0 unspecified atom stereocenters. The van der Waals surface area contributed by atoms with Gasteiger partial charge in [0.25, 0.3) is 0 Å². The molecule has 0 saturated carbocycles. The lowest BCUT2D eigenvalue weighted by molar-refractivity contribution is 0.0225. The summed E-state index contributed by atoms with van der Waals surface area (Å²) in [6.45, 7) is 8.99. The molecule has 1 amide bonds. The molecular formula is C14H20N2O3. The third-order valence-corrected chi connectivity index (χ3v) is 2.77. The molecule has 0 N–H and O–H groups in total. The fourth-order valence-electron chi connectivity index (χ4n) is 1.95. The van der Waals surface area contributed by atoms with Crippen LogP contribution in [0.1, 0.15) is 31.9 Å². The van der Waals surface area contributed by atoms with Crippen molar-refractivity contribution in [2.75, 3.05) is 13.2 Å². The quantitative estimate of drug-likeness (QED) is 0.722. The number of hydrogen-bond donors (Lipinski definition) is 0. The normalized spacial score (nSPS) is 15.3. The van der Waals surface area contributed by atoms with Gasteiger partial charge in [0.05, 0.1) is 13.1 Å². The molecule has 0 fully saturated rings. The van der Waals surface area contributed by atoms with Gasteiger partial charge >= 0.3 is 6.09 Å². The lowest BCUT2D eigenvalue weighted by Crippen LogP contribution is -2.37. The Morgan fingerprint density at radius 2 is 2.16 bits per heavy atom. The first kappa shape index (κ1) is 13.6. The molecule has 0 saturated heterocycles. The van der Waals surface area contributed by atoms with Gasteiger partial charge in [-0.1, -0.05) is 0 Å². The van der Waals surface area contributed by atoms with Gasteiger partial charge in [-0.3, -0.25) is 4.98 Å². The number of carbonyl (C=O) groups excluding carboxylic acids is 1. The number of pyridine rings is 1. The van der Waals surface area contributed by atoms with E-state index in [0.29, 0.717) is 19.7 Å². The van der Waals surface area contributed by atoms with Crippen LogP contribution in [-0.2, 0) is 11.3 Å². The highest BCUT2D eigenvalue weighted by molar-refractivity contribution is 5.68. The van der Waals surface area contributed by atoms with E-state index in [9.17, 15) is 4.79 Å². The average molecular weight is 264 g/mol. The average Bonchev–Trinajstić information content (AvgIpc) is 2.50. The van der Waals surface area contributed by atoms with E-state index in [4.69, 9.17) is 9.47 Å². The van der Waals surface area contributed by atoms with Crippen LogP contribution in [-0.4, -0.2) is 34.7 Å². The summed E-state index contributed by atoms with van der Waals surface area (Å²) >= 11 is 0. The number of aryl methyl sites for hydroxylation is 1. The van der Waals surface area contributed by atoms with E-state index in [2.05, 4.69) is 4.98 Å². The number of carbonyl (C=O) groups is 1. The monoisotopic (exact) mass is 264 g/mol. The highest BCUT2D eigenvalue weighted by atomic mass is 16.6. The fourth-order valence-corrected chi connectivity index (χ4v) is 1.95. The van der Waals surface area contributed by atoms with Crippen LogP contribution in [0.4, 0.5) is 4.79 Å². The van der Waals surface area contributed by atoms with Gasteiger partial charge in [-0.15, -0.1) is 0 Å². The van der Waals surface area contributed by atoms with Crippen molar-refractivity contribution < 1.29 is 14.3 Å². The van der Waals surface area contributed by atoms with E-state index < -0.39 is 5.60 Å². The Labute approximate surface area is 113 Å². The van der Waals surface area contributed by atoms with Crippen molar-refractivity contribution in [2.45, 2.75) is 39.8 Å². The molecule has 0 radical (unpaired) electrons. The molecule has 1 aromatic rings. The summed E-state index contributed by atoms with van der Waals surface area (Å²) in [7, 11) is 0. The topological polar surface area (TPSA) is 51.7 Å². The molecule has 0 atom stereocenters. The Morgan fingerprint density at radius 1 is 1.42 bits per heavy atom. The largest absolute Gasteiger partial charge is 0.491 e. The van der Waals surface area contributed by atoms with Crippen molar-refractivity contribution in [3.63, 3.8) is 0 Å². The van der Waals surface area contributed by atoms with E-state index in [1.165, 1.54) is 0 Å². The molecule has 5 nitrogen and oxygen atoms in total.